The number of nitro groups is 1. The minimum Gasteiger partial charge on any atom is -0.454 e. The van der Waals surface area contributed by atoms with Crippen LogP contribution < -0.4 is 0 Å². The summed E-state index contributed by atoms with van der Waals surface area (Å²) in [7, 11) is 0. The Bertz CT molecular complexity index is 915. The number of aromatic nitrogens is 1. The van der Waals surface area contributed by atoms with Crippen LogP contribution in [0.25, 0.3) is 0 Å². The standard InChI is InChI=1S/C18H17ClN2O5/c1-10-7-14(11(2)20(10)13-4-5-13)17(22)9-26-18(23)15-8-12(19)3-6-16(15)21(24)25/h3,6-8,13H,4-5,9H2,1-2H3. The van der Waals surface area contributed by atoms with Crippen molar-refractivity contribution in [2.75, 3.05) is 6.61 Å². The van der Waals surface area contributed by atoms with Gasteiger partial charge in [0.05, 0.1) is 4.92 Å². The molecule has 0 amide bonds. The lowest BCUT2D eigenvalue weighted by Gasteiger charge is -2.08. The lowest BCUT2D eigenvalue weighted by Crippen LogP contribution is -2.16. The highest BCUT2D eigenvalue weighted by Crippen LogP contribution is 2.38. The third-order valence-corrected chi connectivity index (χ3v) is 4.64. The Labute approximate surface area is 154 Å². The van der Waals surface area contributed by atoms with E-state index in [1.165, 1.54) is 6.07 Å². The number of Topliss-reactive ketones (excluding diaryl/α,β-unsaturated/α-hetero) is 1. The maximum atomic E-state index is 12.4. The molecule has 2 aromatic rings. The molecule has 1 aromatic carbocycles. The molecule has 1 heterocycles. The van der Waals surface area contributed by atoms with Crippen molar-refractivity contribution >= 4 is 29.0 Å². The fourth-order valence-electron chi connectivity index (χ4n) is 3.07. The van der Waals surface area contributed by atoms with Gasteiger partial charge < -0.3 is 9.30 Å². The Hall–Kier alpha value is -2.67. The van der Waals surface area contributed by atoms with Gasteiger partial charge in [0.2, 0.25) is 5.78 Å². The van der Waals surface area contributed by atoms with Crippen LogP contribution in [0.4, 0.5) is 5.69 Å². The third-order valence-electron chi connectivity index (χ3n) is 4.41. The summed E-state index contributed by atoms with van der Waals surface area (Å²) >= 11 is 5.80. The molecule has 0 radical (unpaired) electrons. The number of hydrogen-bond acceptors (Lipinski definition) is 5. The first-order valence-corrected chi connectivity index (χ1v) is 8.50. The van der Waals surface area contributed by atoms with E-state index in [1.807, 2.05) is 13.8 Å². The Morgan fingerprint density at radius 1 is 1.27 bits per heavy atom. The van der Waals surface area contributed by atoms with Crippen molar-refractivity contribution < 1.29 is 19.2 Å². The molecular weight excluding hydrogens is 360 g/mol. The van der Waals surface area contributed by atoms with E-state index in [2.05, 4.69) is 4.57 Å². The van der Waals surface area contributed by atoms with Gasteiger partial charge in [-0.25, -0.2) is 4.79 Å². The van der Waals surface area contributed by atoms with Crippen LogP contribution in [-0.4, -0.2) is 27.8 Å². The van der Waals surface area contributed by atoms with Crippen molar-refractivity contribution in [2.24, 2.45) is 0 Å². The minimum absolute atomic E-state index is 0.168. The number of carbonyl (C=O) groups excluding carboxylic acids is 2. The highest BCUT2D eigenvalue weighted by molar-refractivity contribution is 6.31. The molecular formula is C18H17ClN2O5. The van der Waals surface area contributed by atoms with Gasteiger partial charge in [0.25, 0.3) is 5.69 Å². The second kappa shape index (κ2) is 6.92. The van der Waals surface area contributed by atoms with Crippen LogP contribution >= 0.6 is 11.6 Å². The van der Waals surface area contributed by atoms with E-state index < -0.39 is 23.2 Å². The predicted octanol–water partition coefficient (Wildman–Crippen LogP) is 4.04. The number of nitrogens with zero attached hydrogens (tertiary/aromatic N) is 2. The van der Waals surface area contributed by atoms with Crippen LogP contribution in [-0.2, 0) is 4.74 Å². The number of nitro benzene ring substituents is 1. The lowest BCUT2D eigenvalue weighted by atomic mass is 10.1. The molecule has 0 aliphatic heterocycles. The summed E-state index contributed by atoms with van der Waals surface area (Å²) in [6.07, 6.45) is 2.19. The van der Waals surface area contributed by atoms with E-state index in [4.69, 9.17) is 16.3 Å². The zero-order valence-corrected chi connectivity index (χ0v) is 15.1. The van der Waals surface area contributed by atoms with Gasteiger partial charge >= 0.3 is 5.97 Å². The normalized spacial score (nSPS) is 13.5. The first kappa shape index (κ1) is 18.1. The number of halogens is 1. The summed E-state index contributed by atoms with van der Waals surface area (Å²) in [4.78, 5) is 35.0. The highest BCUT2D eigenvalue weighted by atomic mass is 35.5. The number of benzene rings is 1. The smallest absolute Gasteiger partial charge is 0.345 e. The number of ether oxygens (including phenoxy) is 1. The molecule has 1 fully saturated rings. The number of ketones is 1. The summed E-state index contributed by atoms with van der Waals surface area (Å²) in [6.45, 7) is 3.31. The number of hydrogen-bond donors (Lipinski definition) is 0. The van der Waals surface area contributed by atoms with Gasteiger partial charge in [0, 0.05) is 34.1 Å². The molecule has 26 heavy (non-hydrogen) atoms. The zero-order chi connectivity index (χ0) is 19.0. The lowest BCUT2D eigenvalue weighted by molar-refractivity contribution is -0.385. The highest BCUT2D eigenvalue weighted by Gasteiger charge is 2.29. The average molecular weight is 377 g/mol. The van der Waals surface area contributed by atoms with Crippen LogP contribution in [0, 0.1) is 24.0 Å². The quantitative estimate of drug-likeness (QED) is 0.328. The van der Waals surface area contributed by atoms with E-state index in [1.54, 1.807) is 6.07 Å². The van der Waals surface area contributed by atoms with Crippen LogP contribution in [0.5, 0.6) is 0 Å². The van der Waals surface area contributed by atoms with Crippen LogP contribution in [0.3, 0.4) is 0 Å². The first-order valence-electron chi connectivity index (χ1n) is 8.12. The van der Waals surface area contributed by atoms with Gasteiger partial charge in [-0.15, -0.1) is 0 Å². The van der Waals surface area contributed by atoms with E-state index >= 15 is 0 Å². The Balaban J connectivity index is 1.74. The van der Waals surface area contributed by atoms with Gasteiger partial charge in [0.15, 0.2) is 6.61 Å². The fraction of sp³-hybridized carbons (Fsp3) is 0.333. The van der Waals surface area contributed by atoms with Crippen molar-refractivity contribution in [3.8, 4) is 0 Å². The maximum absolute atomic E-state index is 12.4. The predicted molar refractivity (Wildman–Crippen MR) is 94.9 cm³/mol. The molecule has 0 spiro atoms. The molecule has 0 saturated heterocycles. The Morgan fingerprint density at radius 3 is 2.58 bits per heavy atom. The molecule has 1 aliphatic carbocycles. The van der Waals surface area contributed by atoms with E-state index in [0.29, 0.717) is 11.6 Å². The van der Waals surface area contributed by atoms with Crippen LogP contribution in [0.15, 0.2) is 24.3 Å². The maximum Gasteiger partial charge on any atom is 0.345 e. The van der Waals surface area contributed by atoms with Gasteiger partial charge in [0.1, 0.15) is 5.56 Å². The molecule has 3 rings (SSSR count). The third kappa shape index (κ3) is 3.48. The van der Waals surface area contributed by atoms with E-state index in [-0.39, 0.29) is 16.4 Å². The fourth-order valence-corrected chi connectivity index (χ4v) is 3.24. The zero-order valence-electron chi connectivity index (χ0n) is 14.3. The monoisotopic (exact) mass is 376 g/mol. The summed E-state index contributed by atoms with van der Waals surface area (Å²) in [5, 5.41) is 11.2. The molecule has 0 atom stereocenters. The Morgan fingerprint density at radius 2 is 1.96 bits per heavy atom. The van der Waals surface area contributed by atoms with Crippen LogP contribution in [0.1, 0.15) is 51.0 Å². The van der Waals surface area contributed by atoms with Crippen molar-refractivity contribution in [2.45, 2.75) is 32.7 Å². The van der Waals surface area contributed by atoms with E-state index in [0.717, 1.165) is 36.4 Å². The second-order valence-corrected chi connectivity index (χ2v) is 6.74. The summed E-state index contributed by atoms with van der Waals surface area (Å²) in [6, 6.07) is 5.82. The van der Waals surface area contributed by atoms with Gasteiger partial charge in [-0.3, -0.25) is 14.9 Å². The van der Waals surface area contributed by atoms with Crippen LogP contribution in [0.2, 0.25) is 5.02 Å². The molecule has 0 unspecified atom stereocenters. The van der Waals surface area contributed by atoms with Crippen molar-refractivity contribution in [3.63, 3.8) is 0 Å². The Kier molecular flexibility index (Phi) is 4.82. The van der Waals surface area contributed by atoms with Gasteiger partial charge in [-0.1, -0.05) is 11.6 Å². The summed E-state index contributed by atoms with van der Waals surface area (Å²) < 4.78 is 7.13. The summed E-state index contributed by atoms with van der Waals surface area (Å²) in [5.41, 5.74) is 1.64. The molecule has 8 heteroatoms. The molecule has 1 aromatic heterocycles. The SMILES string of the molecule is Cc1cc(C(=O)COC(=O)c2cc(Cl)ccc2[N+](=O)[O-])c(C)n1C1CC1. The molecule has 7 nitrogen and oxygen atoms in total. The number of esters is 1. The van der Waals surface area contributed by atoms with Gasteiger partial charge in [-0.2, -0.15) is 0 Å². The summed E-state index contributed by atoms with van der Waals surface area (Å²) in [5.74, 6) is -1.30. The first-order chi connectivity index (χ1) is 12.3. The minimum atomic E-state index is -0.955. The second-order valence-electron chi connectivity index (χ2n) is 6.30. The largest absolute Gasteiger partial charge is 0.454 e. The molecule has 136 valence electrons. The number of aryl methyl sites for hydroxylation is 1. The average Bonchev–Trinajstić information content (AvgIpc) is 3.37. The topological polar surface area (TPSA) is 91.4 Å². The van der Waals surface area contributed by atoms with Crippen molar-refractivity contribution in [1.29, 1.82) is 0 Å². The number of rotatable bonds is 6. The molecule has 1 aliphatic rings. The molecule has 0 bridgehead atoms. The number of carbonyl (C=O) groups is 2. The van der Waals surface area contributed by atoms with Crippen molar-refractivity contribution in [1.82, 2.24) is 4.57 Å². The van der Waals surface area contributed by atoms with E-state index in [9.17, 15) is 19.7 Å². The molecule has 0 N–H and O–H groups in total. The molecule has 1 saturated carbocycles. The van der Waals surface area contributed by atoms with Gasteiger partial charge in [-0.05, 0) is 44.9 Å². The van der Waals surface area contributed by atoms with Crippen molar-refractivity contribution in [3.05, 3.63) is 61.9 Å².